The van der Waals surface area contributed by atoms with Crippen molar-refractivity contribution in [1.29, 1.82) is 0 Å². The number of carbonyl (C=O) groups is 1. The maximum Gasteiger partial charge on any atom is 0.137 e. The first kappa shape index (κ1) is 13.8. The zero-order valence-electron chi connectivity index (χ0n) is 11.6. The fraction of sp³-hybridized carbons (Fsp3) is 0.667. The lowest BCUT2D eigenvalue weighted by molar-refractivity contribution is -0.128. The van der Waals surface area contributed by atoms with Gasteiger partial charge in [-0.1, -0.05) is 19.9 Å². The van der Waals surface area contributed by atoms with Crippen molar-refractivity contribution in [2.75, 3.05) is 13.6 Å². The van der Waals surface area contributed by atoms with Gasteiger partial charge in [0.15, 0.2) is 0 Å². The van der Waals surface area contributed by atoms with E-state index in [2.05, 4.69) is 43.3 Å². The van der Waals surface area contributed by atoms with Gasteiger partial charge < -0.3 is 4.90 Å². The molecule has 18 heavy (non-hydrogen) atoms. The molecule has 1 aromatic rings. The number of hydrogen-bond donors (Lipinski definition) is 0. The van der Waals surface area contributed by atoms with Gasteiger partial charge in [-0.25, -0.2) is 0 Å². The molecule has 100 valence electrons. The third-order valence-corrected chi connectivity index (χ3v) is 4.80. The van der Waals surface area contributed by atoms with Crippen molar-refractivity contribution >= 4 is 17.1 Å². The van der Waals surface area contributed by atoms with E-state index in [9.17, 15) is 4.79 Å². The molecule has 1 saturated carbocycles. The van der Waals surface area contributed by atoms with E-state index in [1.807, 2.05) is 0 Å². The summed E-state index contributed by atoms with van der Waals surface area (Å²) < 4.78 is 0. The molecule has 0 spiro atoms. The van der Waals surface area contributed by atoms with Gasteiger partial charge in [-0.3, -0.25) is 4.79 Å². The first-order valence-corrected chi connectivity index (χ1v) is 7.68. The lowest BCUT2D eigenvalue weighted by Crippen LogP contribution is -2.38. The Hall–Kier alpha value is -0.670. The van der Waals surface area contributed by atoms with E-state index in [1.165, 1.54) is 11.3 Å². The van der Waals surface area contributed by atoms with Crippen LogP contribution in [0.5, 0.6) is 0 Å². The quantitative estimate of drug-likeness (QED) is 0.831. The van der Waals surface area contributed by atoms with Crippen molar-refractivity contribution in [1.82, 2.24) is 4.90 Å². The van der Waals surface area contributed by atoms with Gasteiger partial charge >= 0.3 is 0 Å². The highest BCUT2D eigenvalue weighted by Gasteiger charge is 2.32. The molecule has 1 aliphatic rings. The molecule has 2 rings (SSSR count). The second kappa shape index (κ2) is 5.98. The van der Waals surface area contributed by atoms with Gasteiger partial charge in [-0.05, 0) is 36.8 Å². The number of carbonyl (C=O) groups excluding carboxylic acids is 1. The van der Waals surface area contributed by atoms with E-state index in [4.69, 9.17) is 0 Å². The largest absolute Gasteiger partial charge is 0.301 e. The minimum absolute atomic E-state index is 0.242. The summed E-state index contributed by atoms with van der Waals surface area (Å²) in [7, 11) is 2.12. The highest BCUT2D eigenvalue weighted by atomic mass is 32.1. The minimum Gasteiger partial charge on any atom is -0.301 e. The molecular formula is C15H23NOS. The first-order valence-electron chi connectivity index (χ1n) is 6.80. The van der Waals surface area contributed by atoms with Gasteiger partial charge in [-0.2, -0.15) is 0 Å². The van der Waals surface area contributed by atoms with Gasteiger partial charge in [0.25, 0.3) is 0 Å². The predicted octanol–water partition coefficient (Wildman–Crippen LogP) is 3.43. The Morgan fingerprint density at radius 2 is 2.22 bits per heavy atom. The van der Waals surface area contributed by atoms with E-state index in [1.54, 1.807) is 11.3 Å². The Morgan fingerprint density at radius 3 is 2.83 bits per heavy atom. The van der Waals surface area contributed by atoms with E-state index in [0.29, 0.717) is 17.6 Å². The number of nitrogens with zero attached hydrogens (tertiary/aromatic N) is 1. The molecule has 3 heteroatoms. The first-order chi connectivity index (χ1) is 8.56. The van der Waals surface area contributed by atoms with Gasteiger partial charge in [-0.15, -0.1) is 11.3 Å². The van der Waals surface area contributed by atoms with Crippen molar-refractivity contribution in [3.05, 3.63) is 22.4 Å². The smallest absolute Gasteiger partial charge is 0.137 e. The summed E-state index contributed by atoms with van der Waals surface area (Å²) in [5, 5.41) is 2.11. The molecule has 0 aromatic carbocycles. The molecule has 1 heterocycles. The highest BCUT2D eigenvalue weighted by molar-refractivity contribution is 7.09. The molecule has 1 fully saturated rings. The zero-order valence-corrected chi connectivity index (χ0v) is 12.4. The van der Waals surface area contributed by atoms with Crippen LogP contribution in [0.15, 0.2) is 17.5 Å². The molecule has 0 saturated heterocycles. The van der Waals surface area contributed by atoms with E-state index in [-0.39, 0.29) is 5.92 Å². The zero-order chi connectivity index (χ0) is 13.1. The fourth-order valence-corrected chi connectivity index (χ4v) is 3.83. The Morgan fingerprint density at radius 1 is 1.44 bits per heavy atom. The van der Waals surface area contributed by atoms with Crippen LogP contribution in [0.2, 0.25) is 0 Å². The Balaban J connectivity index is 1.90. The number of rotatable bonds is 4. The number of hydrogen-bond acceptors (Lipinski definition) is 3. The van der Waals surface area contributed by atoms with Crippen LogP contribution in [0.3, 0.4) is 0 Å². The molecule has 0 radical (unpaired) electrons. The summed E-state index contributed by atoms with van der Waals surface area (Å²) in [6.07, 6.45) is 1.98. The molecule has 1 aliphatic carbocycles. The number of Topliss-reactive ketones (excluding diaryl/α,β-unsaturated/α-hetero) is 1. The molecule has 1 aromatic heterocycles. The molecule has 2 nitrogen and oxygen atoms in total. The summed E-state index contributed by atoms with van der Waals surface area (Å²) in [4.78, 5) is 15.8. The molecule has 0 N–H and O–H groups in total. The molecule has 0 bridgehead atoms. The van der Waals surface area contributed by atoms with Crippen LogP contribution in [0.25, 0.3) is 0 Å². The average molecular weight is 265 g/mol. The second-order valence-electron chi connectivity index (χ2n) is 5.87. The van der Waals surface area contributed by atoms with Crippen molar-refractivity contribution in [3.63, 3.8) is 0 Å². The third-order valence-electron chi connectivity index (χ3n) is 3.94. The molecule has 3 unspecified atom stereocenters. The number of thiophene rings is 1. The summed E-state index contributed by atoms with van der Waals surface area (Å²) in [6, 6.07) is 4.25. The highest BCUT2D eigenvalue weighted by Crippen LogP contribution is 2.31. The monoisotopic (exact) mass is 265 g/mol. The maximum absolute atomic E-state index is 12.1. The van der Waals surface area contributed by atoms with E-state index in [0.717, 1.165) is 19.5 Å². The SMILES string of the molecule is CC1CC(=O)C(CN(C)Cc2cccs2)C(C)C1. The lowest BCUT2D eigenvalue weighted by atomic mass is 9.74. The van der Waals surface area contributed by atoms with Crippen molar-refractivity contribution in [2.24, 2.45) is 17.8 Å². The van der Waals surface area contributed by atoms with Crippen molar-refractivity contribution in [3.8, 4) is 0 Å². The Bertz CT molecular complexity index is 387. The maximum atomic E-state index is 12.1. The van der Waals surface area contributed by atoms with Gasteiger partial charge in [0.1, 0.15) is 5.78 Å². The van der Waals surface area contributed by atoms with E-state index < -0.39 is 0 Å². The van der Waals surface area contributed by atoms with Crippen LogP contribution in [-0.4, -0.2) is 24.3 Å². The van der Waals surface area contributed by atoms with Crippen LogP contribution < -0.4 is 0 Å². The predicted molar refractivity (Wildman–Crippen MR) is 76.7 cm³/mol. The van der Waals surface area contributed by atoms with Crippen LogP contribution in [-0.2, 0) is 11.3 Å². The normalized spacial score (nSPS) is 28.9. The standard InChI is InChI=1S/C15H23NOS/c1-11-7-12(2)14(15(17)8-11)10-16(3)9-13-5-4-6-18-13/h4-6,11-12,14H,7-10H2,1-3H3. The summed E-state index contributed by atoms with van der Waals surface area (Å²) >= 11 is 1.79. The van der Waals surface area contributed by atoms with E-state index >= 15 is 0 Å². The Labute approximate surface area is 114 Å². The van der Waals surface area contributed by atoms with Crippen LogP contribution in [0.4, 0.5) is 0 Å². The minimum atomic E-state index is 0.242. The molecule has 3 atom stereocenters. The molecular weight excluding hydrogens is 242 g/mol. The third kappa shape index (κ3) is 3.42. The summed E-state index contributed by atoms with van der Waals surface area (Å²) in [5.41, 5.74) is 0. The number of ketones is 1. The molecule has 0 amide bonds. The van der Waals surface area contributed by atoms with Gasteiger partial charge in [0, 0.05) is 30.3 Å². The van der Waals surface area contributed by atoms with Gasteiger partial charge in [0.2, 0.25) is 0 Å². The van der Waals surface area contributed by atoms with Crippen LogP contribution in [0, 0.1) is 17.8 Å². The summed E-state index contributed by atoms with van der Waals surface area (Å²) in [5.74, 6) is 1.82. The van der Waals surface area contributed by atoms with Crippen LogP contribution >= 0.6 is 11.3 Å². The fourth-order valence-electron chi connectivity index (χ4n) is 3.05. The topological polar surface area (TPSA) is 20.3 Å². The Kier molecular flexibility index (Phi) is 4.57. The summed E-state index contributed by atoms with van der Waals surface area (Å²) in [6.45, 7) is 6.30. The van der Waals surface area contributed by atoms with Crippen molar-refractivity contribution in [2.45, 2.75) is 33.2 Å². The molecule has 0 aliphatic heterocycles. The lowest BCUT2D eigenvalue weighted by Gasteiger charge is -2.33. The van der Waals surface area contributed by atoms with Gasteiger partial charge in [0.05, 0.1) is 0 Å². The average Bonchev–Trinajstić information content (AvgIpc) is 2.76. The van der Waals surface area contributed by atoms with Crippen LogP contribution in [0.1, 0.15) is 31.6 Å². The van der Waals surface area contributed by atoms with Crippen molar-refractivity contribution < 1.29 is 4.79 Å². The second-order valence-corrected chi connectivity index (χ2v) is 6.90.